The number of anilines is 1. The summed E-state index contributed by atoms with van der Waals surface area (Å²) in [6, 6.07) is 15.8. The number of nitrogens with one attached hydrogen (secondary N) is 1. The van der Waals surface area contributed by atoms with Crippen LogP contribution in [0.2, 0.25) is 10.0 Å². The first-order valence-corrected chi connectivity index (χ1v) is 14.7. The number of amides is 2. The van der Waals surface area contributed by atoms with Crippen LogP contribution >= 0.6 is 23.2 Å². The van der Waals surface area contributed by atoms with Gasteiger partial charge in [-0.3, -0.25) is 13.9 Å². The van der Waals surface area contributed by atoms with Gasteiger partial charge in [-0.15, -0.1) is 0 Å². The average Bonchev–Trinajstić information content (AvgIpc) is 2.87. The van der Waals surface area contributed by atoms with Crippen LogP contribution < -0.4 is 9.62 Å². The van der Waals surface area contributed by atoms with Gasteiger partial charge < -0.3 is 10.2 Å². The number of aryl methyl sites for hydroxylation is 3. The fourth-order valence-electron chi connectivity index (χ4n) is 4.17. The molecular weight excluding hydrogens is 557 g/mol. The van der Waals surface area contributed by atoms with Crippen molar-refractivity contribution in [2.45, 2.75) is 52.1 Å². The number of benzene rings is 3. The van der Waals surface area contributed by atoms with Crippen LogP contribution in [0.1, 0.15) is 36.1 Å². The van der Waals surface area contributed by atoms with Gasteiger partial charge in [-0.1, -0.05) is 64.7 Å². The molecule has 39 heavy (non-hydrogen) atoms. The van der Waals surface area contributed by atoms with E-state index in [9.17, 15) is 18.0 Å². The highest BCUT2D eigenvalue weighted by Gasteiger charge is 2.33. The molecule has 0 aliphatic heterocycles. The van der Waals surface area contributed by atoms with E-state index < -0.39 is 28.5 Å². The second-order valence-corrected chi connectivity index (χ2v) is 12.1. The molecule has 1 N–H and O–H groups in total. The molecule has 0 unspecified atom stereocenters. The van der Waals surface area contributed by atoms with Gasteiger partial charge >= 0.3 is 0 Å². The second-order valence-electron chi connectivity index (χ2n) is 9.44. The minimum atomic E-state index is -4.14. The van der Waals surface area contributed by atoms with Crippen molar-refractivity contribution >= 4 is 50.7 Å². The van der Waals surface area contributed by atoms with Crippen molar-refractivity contribution in [1.82, 2.24) is 10.2 Å². The third-order valence-electron chi connectivity index (χ3n) is 6.38. The van der Waals surface area contributed by atoms with E-state index in [1.54, 1.807) is 63.2 Å². The van der Waals surface area contributed by atoms with Crippen molar-refractivity contribution in [2.75, 3.05) is 17.4 Å². The van der Waals surface area contributed by atoms with E-state index in [2.05, 4.69) is 5.32 Å². The monoisotopic (exact) mass is 589 g/mol. The topological polar surface area (TPSA) is 86.8 Å². The highest BCUT2D eigenvalue weighted by atomic mass is 35.5. The molecule has 0 aliphatic rings. The Hall–Kier alpha value is -3.07. The predicted octanol–water partition coefficient (Wildman–Crippen LogP) is 5.67. The Balaban J connectivity index is 2.08. The number of hydrogen-bond acceptors (Lipinski definition) is 4. The van der Waals surface area contributed by atoms with Gasteiger partial charge in [0.25, 0.3) is 10.0 Å². The van der Waals surface area contributed by atoms with Crippen molar-refractivity contribution in [3.63, 3.8) is 0 Å². The number of carbonyl (C=O) groups excluding carboxylic acids is 2. The van der Waals surface area contributed by atoms with Crippen molar-refractivity contribution in [1.29, 1.82) is 0 Å². The zero-order chi connectivity index (χ0) is 28.9. The lowest BCUT2D eigenvalue weighted by atomic mass is 10.1. The molecule has 3 rings (SSSR count). The summed E-state index contributed by atoms with van der Waals surface area (Å²) < 4.78 is 29.0. The van der Waals surface area contributed by atoms with Crippen LogP contribution in [0.25, 0.3) is 0 Å². The molecule has 0 fully saturated rings. The second kappa shape index (κ2) is 12.9. The minimum Gasteiger partial charge on any atom is -0.355 e. The average molecular weight is 591 g/mol. The first-order valence-electron chi connectivity index (χ1n) is 12.5. The van der Waals surface area contributed by atoms with E-state index in [1.807, 2.05) is 19.9 Å². The molecule has 0 aliphatic carbocycles. The molecule has 0 spiro atoms. The van der Waals surface area contributed by atoms with Gasteiger partial charge in [0.15, 0.2) is 0 Å². The summed E-state index contributed by atoms with van der Waals surface area (Å²) in [6.45, 7) is 8.80. The molecule has 2 amide bonds. The normalized spacial score (nSPS) is 12.1. The third kappa shape index (κ3) is 7.32. The lowest BCUT2D eigenvalue weighted by molar-refractivity contribution is -0.139. The Morgan fingerprint density at radius 2 is 1.56 bits per heavy atom. The third-order valence-corrected chi connectivity index (χ3v) is 8.74. The number of halogens is 2. The minimum absolute atomic E-state index is 0.0154. The molecule has 0 aromatic heterocycles. The smallest absolute Gasteiger partial charge is 0.264 e. The van der Waals surface area contributed by atoms with E-state index >= 15 is 0 Å². The summed E-state index contributed by atoms with van der Waals surface area (Å²) in [5, 5.41) is 3.50. The Bertz CT molecular complexity index is 1460. The van der Waals surface area contributed by atoms with Gasteiger partial charge in [0.1, 0.15) is 12.6 Å². The molecule has 3 aromatic rings. The zero-order valence-corrected chi connectivity index (χ0v) is 25.0. The molecule has 1 atom stereocenters. The maximum atomic E-state index is 13.9. The summed E-state index contributed by atoms with van der Waals surface area (Å²) in [5.74, 6) is -0.925. The van der Waals surface area contributed by atoms with E-state index in [1.165, 1.54) is 17.0 Å². The number of likely N-dealkylation sites (N-methyl/N-ethyl adjacent to an activating group) is 1. The molecule has 10 heteroatoms. The van der Waals surface area contributed by atoms with E-state index in [0.29, 0.717) is 33.4 Å². The number of sulfonamides is 1. The summed E-state index contributed by atoms with van der Waals surface area (Å²) in [7, 11) is -4.14. The van der Waals surface area contributed by atoms with Gasteiger partial charge in [-0.05, 0) is 76.1 Å². The van der Waals surface area contributed by atoms with Crippen LogP contribution in [0.4, 0.5) is 5.69 Å². The Morgan fingerprint density at radius 3 is 2.15 bits per heavy atom. The van der Waals surface area contributed by atoms with Gasteiger partial charge in [0, 0.05) is 23.1 Å². The van der Waals surface area contributed by atoms with Gasteiger partial charge in [-0.2, -0.15) is 0 Å². The highest BCUT2D eigenvalue weighted by molar-refractivity contribution is 7.92. The Labute approximate surface area is 240 Å². The number of nitrogens with zero attached hydrogens (tertiary/aromatic N) is 2. The summed E-state index contributed by atoms with van der Waals surface area (Å²) in [4.78, 5) is 28.2. The molecule has 0 bridgehead atoms. The summed E-state index contributed by atoms with van der Waals surface area (Å²) in [5.41, 5.74) is 3.52. The molecular formula is C29H33Cl2N3O4S. The number of hydrogen-bond donors (Lipinski definition) is 1. The maximum absolute atomic E-state index is 13.9. The molecule has 0 saturated carbocycles. The number of rotatable bonds is 10. The van der Waals surface area contributed by atoms with Crippen LogP contribution in [0, 0.1) is 20.8 Å². The zero-order valence-electron chi connectivity index (χ0n) is 22.7. The van der Waals surface area contributed by atoms with E-state index in [-0.39, 0.29) is 17.3 Å². The number of carbonyl (C=O) groups is 2. The van der Waals surface area contributed by atoms with Crippen LogP contribution in [0.15, 0.2) is 65.6 Å². The highest BCUT2D eigenvalue weighted by Crippen LogP contribution is 2.29. The lowest BCUT2D eigenvalue weighted by Gasteiger charge is -2.32. The fourth-order valence-corrected chi connectivity index (χ4v) is 6.12. The SMILES string of the molecule is CCNC(=O)[C@@H](C)N(Cc1ccc(Cl)cc1Cl)C(=O)CN(c1ccc(C)cc1C)S(=O)(=O)c1ccc(C)cc1. The molecule has 3 aromatic carbocycles. The maximum Gasteiger partial charge on any atom is 0.264 e. The van der Waals surface area contributed by atoms with Crippen LogP contribution in [0.3, 0.4) is 0 Å². The predicted molar refractivity (Wildman–Crippen MR) is 157 cm³/mol. The molecule has 208 valence electrons. The van der Waals surface area contributed by atoms with Crippen molar-refractivity contribution in [2.24, 2.45) is 0 Å². The summed E-state index contributed by atoms with van der Waals surface area (Å²) >= 11 is 12.4. The fraction of sp³-hybridized carbons (Fsp3) is 0.310. The molecule has 0 saturated heterocycles. The molecule has 0 heterocycles. The lowest BCUT2D eigenvalue weighted by Crippen LogP contribution is -2.51. The van der Waals surface area contributed by atoms with Crippen LogP contribution in [-0.4, -0.2) is 44.3 Å². The van der Waals surface area contributed by atoms with Crippen molar-refractivity contribution in [3.05, 3.63) is 93.0 Å². The molecule has 7 nitrogen and oxygen atoms in total. The first-order chi connectivity index (χ1) is 18.3. The Kier molecular flexibility index (Phi) is 10.0. The van der Waals surface area contributed by atoms with Crippen LogP contribution in [0.5, 0.6) is 0 Å². The standard InChI is InChI=1S/C29H33Cl2N3O4S/c1-6-32-29(36)22(5)33(17-23-10-11-24(30)16-26(23)31)28(35)18-34(27-14-9-20(3)15-21(27)4)39(37,38)25-12-7-19(2)8-13-25/h7-16,22H,6,17-18H2,1-5H3,(H,32,36)/t22-/m1/s1. The van der Waals surface area contributed by atoms with Gasteiger partial charge in [0.05, 0.1) is 10.6 Å². The van der Waals surface area contributed by atoms with E-state index in [0.717, 1.165) is 15.4 Å². The summed E-state index contributed by atoms with van der Waals surface area (Å²) in [6.07, 6.45) is 0. The first kappa shape index (κ1) is 30.5. The van der Waals surface area contributed by atoms with Gasteiger partial charge in [0.2, 0.25) is 11.8 Å². The largest absolute Gasteiger partial charge is 0.355 e. The van der Waals surface area contributed by atoms with E-state index in [4.69, 9.17) is 23.2 Å². The van der Waals surface area contributed by atoms with Crippen molar-refractivity contribution in [3.8, 4) is 0 Å². The quantitative estimate of drug-likeness (QED) is 0.330. The van der Waals surface area contributed by atoms with Crippen LogP contribution in [-0.2, 0) is 26.2 Å². The Morgan fingerprint density at radius 1 is 0.923 bits per heavy atom. The van der Waals surface area contributed by atoms with Gasteiger partial charge in [-0.25, -0.2) is 8.42 Å². The molecule has 0 radical (unpaired) electrons. The van der Waals surface area contributed by atoms with Crippen molar-refractivity contribution < 1.29 is 18.0 Å².